The van der Waals surface area contributed by atoms with Gasteiger partial charge in [0.1, 0.15) is 35.2 Å². The number of nitrogens with zero attached hydrogens (tertiary/aromatic N) is 1. The molecule has 16 heteroatoms. The average Bonchev–Trinajstić information content (AvgIpc) is 3.44. The second-order valence-electron chi connectivity index (χ2n) is 10.5. The van der Waals surface area contributed by atoms with E-state index in [1.54, 1.807) is 25.2 Å². The minimum Gasteiger partial charge on any atom is -0.382 e. The molecule has 0 bridgehead atoms. The number of aromatic nitrogens is 1. The summed E-state index contributed by atoms with van der Waals surface area (Å²) in [5.74, 6) is -3.38. The number of carbonyl (C=O) groups is 4. The lowest BCUT2D eigenvalue weighted by molar-refractivity contribution is -0.142. The van der Waals surface area contributed by atoms with Crippen molar-refractivity contribution in [1.29, 1.82) is 0 Å². The van der Waals surface area contributed by atoms with Crippen LogP contribution in [0.2, 0.25) is 0 Å². The molecule has 0 aliphatic heterocycles. The Kier molecular flexibility index (Phi) is 15.2. The first kappa shape index (κ1) is 37.9. The number of nitrogens with one attached hydrogen (secondary N) is 3. The van der Waals surface area contributed by atoms with Crippen LogP contribution in [0.1, 0.15) is 47.8 Å². The van der Waals surface area contributed by atoms with E-state index in [1.807, 2.05) is 13.0 Å². The molecule has 4 unspecified atom stereocenters. The van der Waals surface area contributed by atoms with Gasteiger partial charge in [-0.1, -0.05) is 43.7 Å². The molecule has 1 aliphatic rings. The van der Waals surface area contributed by atoms with Gasteiger partial charge in [0.15, 0.2) is 5.78 Å². The number of hydrogen-bond acceptors (Lipinski definition) is 12. The quantitative estimate of drug-likeness (QED) is 0.151. The molecule has 0 aromatic carbocycles. The highest BCUT2D eigenvalue weighted by Crippen LogP contribution is 2.17. The second-order valence-corrected chi connectivity index (χ2v) is 13.5. The van der Waals surface area contributed by atoms with Crippen molar-refractivity contribution in [1.82, 2.24) is 20.9 Å². The smallest absolute Gasteiger partial charge is 0.267 e. The van der Waals surface area contributed by atoms with E-state index in [0.717, 1.165) is 18.3 Å². The normalized spacial score (nSPS) is 17.2. The lowest BCUT2D eigenvalue weighted by atomic mass is 9.93. The van der Waals surface area contributed by atoms with Gasteiger partial charge in [-0.05, 0) is 32.3 Å². The highest BCUT2D eigenvalue weighted by atomic mass is 32.2. The van der Waals surface area contributed by atoms with Gasteiger partial charge in [-0.15, -0.1) is 11.3 Å². The predicted octanol–water partition coefficient (Wildman–Crippen LogP) is 0.721. The van der Waals surface area contributed by atoms with Crippen molar-refractivity contribution in [3.8, 4) is 0 Å². The lowest BCUT2D eigenvalue weighted by Gasteiger charge is -2.28. The lowest BCUT2D eigenvalue weighted by Crippen LogP contribution is -2.59. The molecule has 250 valence electrons. The van der Waals surface area contributed by atoms with E-state index in [-0.39, 0.29) is 23.8 Å². The fourth-order valence-electron chi connectivity index (χ4n) is 3.96. The van der Waals surface area contributed by atoms with Crippen LogP contribution < -0.4 is 16.0 Å². The monoisotopic (exact) mass is 670 g/mol. The number of aliphatic hydroxyl groups is 1. The Morgan fingerprint density at radius 3 is 2.29 bits per heavy atom. The van der Waals surface area contributed by atoms with Gasteiger partial charge in [-0.3, -0.25) is 23.4 Å². The molecule has 4 atom stereocenters. The molecule has 0 fully saturated rings. The fourth-order valence-corrected chi connectivity index (χ4v) is 5.81. The number of methoxy groups -OCH3 is 2. The minimum absolute atomic E-state index is 0.215. The van der Waals surface area contributed by atoms with Crippen molar-refractivity contribution in [2.75, 3.05) is 39.8 Å². The van der Waals surface area contributed by atoms with Crippen molar-refractivity contribution in [3.63, 3.8) is 0 Å². The van der Waals surface area contributed by atoms with Gasteiger partial charge >= 0.3 is 0 Å². The summed E-state index contributed by atoms with van der Waals surface area (Å²) in [6, 6.07) is -3.97. The molecule has 14 nitrogen and oxygen atoms in total. The van der Waals surface area contributed by atoms with Crippen molar-refractivity contribution < 1.29 is 46.4 Å². The van der Waals surface area contributed by atoms with Crippen LogP contribution in [-0.2, 0) is 38.2 Å². The van der Waals surface area contributed by atoms with E-state index in [1.165, 1.54) is 26.5 Å². The molecule has 45 heavy (non-hydrogen) atoms. The summed E-state index contributed by atoms with van der Waals surface area (Å²) in [5.41, 5.74) is -1.68. The number of Topliss-reactive ketones (excluding diaryl/α,β-unsaturated/α-hetero) is 1. The summed E-state index contributed by atoms with van der Waals surface area (Å²) in [7, 11) is -1.36. The Morgan fingerprint density at radius 2 is 1.73 bits per heavy atom. The molecular weight excluding hydrogens is 628 g/mol. The molecule has 1 heterocycles. The van der Waals surface area contributed by atoms with Crippen LogP contribution in [0, 0.1) is 6.92 Å². The topological polar surface area (TPSA) is 199 Å². The van der Waals surface area contributed by atoms with Gasteiger partial charge in [0.05, 0.1) is 30.2 Å². The van der Waals surface area contributed by atoms with E-state index >= 15 is 0 Å². The number of ketones is 1. The first-order chi connectivity index (χ1) is 21.2. The van der Waals surface area contributed by atoms with E-state index in [0.29, 0.717) is 29.8 Å². The third kappa shape index (κ3) is 12.6. The zero-order chi connectivity index (χ0) is 33.6. The Labute approximate surface area is 267 Å². The summed E-state index contributed by atoms with van der Waals surface area (Å²) in [4.78, 5) is 57.2. The van der Waals surface area contributed by atoms with Crippen molar-refractivity contribution in [3.05, 3.63) is 52.0 Å². The highest BCUT2D eigenvalue weighted by Gasteiger charge is 2.39. The summed E-state index contributed by atoms with van der Waals surface area (Å²) in [5, 5.41) is 19.2. The number of amides is 3. The highest BCUT2D eigenvalue weighted by molar-refractivity contribution is 7.86. The van der Waals surface area contributed by atoms with Gasteiger partial charge < -0.3 is 30.5 Å². The summed E-state index contributed by atoms with van der Waals surface area (Å²) in [6.45, 7) is 3.24. The van der Waals surface area contributed by atoms with Crippen LogP contribution in [0.25, 0.3) is 0 Å². The third-order valence-electron chi connectivity index (χ3n) is 6.44. The van der Waals surface area contributed by atoms with Crippen LogP contribution in [-0.4, -0.2) is 106 Å². The maximum Gasteiger partial charge on any atom is 0.267 e. The first-order valence-electron chi connectivity index (χ1n) is 14.2. The molecular formula is C29H42N4O10S2. The van der Waals surface area contributed by atoms with E-state index in [2.05, 4.69) is 20.9 Å². The molecule has 0 saturated carbocycles. The Hall–Kier alpha value is -3.28. The summed E-state index contributed by atoms with van der Waals surface area (Å²) >= 11 is 1.14. The zero-order valence-corrected chi connectivity index (χ0v) is 27.7. The largest absolute Gasteiger partial charge is 0.382 e. The number of rotatable bonds is 19. The molecule has 4 N–H and O–H groups in total. The standard InChI is InChI=1S/C29H42N4O10S2/c1-6-7-13-45(39,40)43-18-29(3,38)25(34)21(14-20-11-9-8-10-12-20)31-26(35)22(16-41-4)32-27(36)23(17-42-5)33-28(37)24-15-30-19(2)44-24/h8-11,14-15,21-23,38H,6-7,12-13,16-18H2,1-5H3,(H,31,35)(H,32,36)(H,33,37). The number of ether oxygens (including phenoxy) is 2. The first-order valence-corrected chi connectivity index (χ1v) is 16.6. The number of carbonyl (C=O) groups excluding carboxylic acids is 4. The zero-order valence-electron chi connectivity index (χ0n) is 26.0. The molecule has 1 aliphatic carbocycles. The summed E-state index contributed by atoms with van der Waals surface area (Å²) < 4.78 is 39.6. The molecule has 1 aromatic rings. The van der Waals surface area contributed by atoms with Gasteiger partial charge in [0, 0.05) is 14.2 Å². The maximum atomic E-state index is 13.5. The number of aryl methyl sites for hydroxylation is 1. The van der Waals surface area contributed by atoms with Crippen molar-refractivity contribution in [2.24, 2.45) is 0 Å². The average molecular weight is 671 g/mol. The van der Waals surface area contributed by atoms with Gasteiger partial charge in [-0.2, -0.15) is 8.42 Å². The number of hydrogen-bond donors (Lipinski definition) is 4. The van der Waals surface area contributed by atoms with Crippen molar-refractivity contribution in [2.45, 2.75) is 63.8 Å². The molecule has 0 spiro atoms. The Morgan fingerprint density at radius 1 is 1.09 bits per heavy atom. The Balaban J connectivity index is 2.25. The van der Waals surface area contributed by atoms with Crippen molar-refractivity contribution >= 4 is 45.0 Å². The van der Waals surface area contributed by atoms with E-state index in [9.17, 15) is 32.7 Å². The SMILES string of the molecule is CCCCS(=O)(=O)OCC(C)(O)C(=O)C(C=C1C=CC=CC1)NC(=O)C(COC)NC(=O)C(COC)NC(=O)c1cnc(C)s1. The number of unbranched alkanes of at least 4 members (excludes halogenated alkanes) is 1. The fraction of sp³-hybridized carbons (Fsp3) is 0.552. The van der Waals surface area contributed by atoms with Crippen LogP contribution in [0.4, 0.5) is 0 Å². The van der Waals surface area contributed by atoms with Gasteiger partial charge in [0.25, 0.3) is 16.0 Å². The van der Waals surface area contributed by atoms with Gasteiger partial charge in [0.2, 0.25) is 11.8 Å². The second kappa shape index (κ2) is 18.0. The minimum atomic E-state index is -4.00. The van der Waals surface area contributed by atoms with Crippen LogP contribution in [0.3, 0.4) is 0 Å². The van der Waals surface area contributed by atoms with E-state index < -0.39 is 64.0 Å². The molecule has 3 amide bonds. The molecule has 1 aromatic heterocycles. The predicted molar refractivity (Wildman–Crippen MR) is 167 cm³/mol. The van der Waals surface area contributed by atoms with Gasteiger partial charge in [-0.25, -0.2) is 4.98 Å². The molecule has 2 rings (SSSR count). The van der Waals surface area contributed by atoms with Crippen LogP contribution in [0.5, 0.6) is 0 Å². The third-order valence-corrected chi connectivity index (χ3v) is 8.61. The Bertz CT molecular complexity index is 1380. The van der Waals surface area contributed by atoms with Crippen LogP contribution >= 0.6 is 11.3 Å². The number of allylic oxidation sites excluding steroid dienone is 5. The molecule has 0 radical (unpaired) electrons. The van der Waals surface area contributed by atoms with Crippen LogP contribution in [0.15, 0.2) is 42.2 Å². The van der Waals surface area contributed by atoms with E-state index in [4.69, 9.17) is 13.7 Å². The molecule has 0 saturated heterocycles. The summed E-state index contributed by atoms with van der Waals surface area (Å²) in [6.07, 6.45) is 11.2. The number of thiazole rings is 1. The maximum absolute atomic E-state index is 13.5.